The summed E-state index contributed by atoms with van der Waals surface area (Å²) in [5.41, 5.74) is 2.02. The minimum atomic E-state index is 0.474. The van der Waals surface area contributed by atoms with Gasteiger partial charge in [0, 0.05) is 16.8 Å². The van der Waals surface area contributed by atoms with Gasteiger partial charge in [-0.2, -0.15) is 10.1 Å². The van der Waals surface area contributed by atoms with Crippen LogP contribution in [0.4, 0.5) is 5.69 Å². The number of hydrogen-bond donors (Lipinski definition) is 1. The highest BCUT2D eigenvalue weighted by Gasteiger charge is 2.06. The largest absolute Gasteiger partial charge is 0.278 e. The van der Waals surface area contributed by atoms with Gasteiger partial charge in [-0.3, -0.25) is 5.10 Å². The van der Waals surface area contributed by atoms with Crippen LogP contribution in [-0.2, 0) is 4.79 Å². The predicted molar refractivity (Wildman–Crippen MR) is 56.8 cm³/mol. The lowest BCUT2D eigenvalue weighted by Gasteiger charge is -2.01. The van der Waals surface area contributed by atoms with E-state index in [1.807, 2.05) is 0 Å². The normalized spacial score (nSPS) is 9.67. The summed E-state index contributed by atoms with van der Waals surface area (Å²) in [7, 11) is 0. The lowest BCUT2D eigenvalue weighted by Crippen LogP contribution is -1.79. The number of H-pyrrole nitrogens is 1. The molecule has 2 aromatic rings. The molecule has 15 heavy (non-hydrogen) atoms. The number of isocyanates is 1. The SMILES string of the molecule is O=C=Nc1cc(Cl)ccc1-c1ccn[nH]1. The van der Waals surface area contributed by atoms with E-state index in [1.54, 1.807) is 30.5 Å². The second kappa shape index (κ2) is 4.09. The molecular formula is C10H6ClN3O. The average molecular weight is 220 g/mol. The van der Waals surface area contributed by atoms with Gasteiger partial charge < -0.3 is 0 Å². The van der Waals surface area contributed by atoms with Crippen molar-refractivity contribution in [2.75, 3.05) is 0 Å². The fourth-order valence-corrected chi connectivity index (χ4v) is 1.45. The first-order valence-electron chi connectivity index (χ1n) is 4.18. The highest BCUT2D eigenvalue weighted by molar-refractivity contribution is 6.31. The molecule has 0 unspecified atom stereocenters. The fourth-order valence-electron chi connectivity index (χ4n) is 1.28. The van der Waals surface area contributed by atoms with Crippen molar-refractivity contribution in [3.8, 4) is 11.3 Å². The van der Waals surface area contributed by atoms with Crippen molar-refractivity contribution in [1.29, 1.82) is 0 Å². The highest BCUT2D eigenvalue weighted by Crippen LogP contribution is 2.30. The first-order chi connectivity index (χ1) is 7.31. The van der Waals surface area contributed by atoms with Crippen LogP contribution in [0, 0.1) is 0 Å². The zero-order valence-corrected chi connectivity index (χ0v) is 8.32. The first-order valence-corrected chi connectivity index (χ1v) is 4.56. The predicted octanol–water partition coefficient (Wildman–Crippen LogP) is 2.70. The minimum absolute atomic E-state index is 0.474. The van der Waals surface area contributed by atoms with Crippen molar-refractivity contribution in [2.24, 2.45) is 4.99 Å². The number of aliphatic imine (C=N–C) groups is 1. The van der Waals surface area contributed by atoms with E-state index in [2.05, 4.69) is 15.2 Å². The number of halogens is 1. The molecule has 0 atom stereocenters. The van der Waals surface area contributed by atoms with Gasteiger partial charge in [0.05, 0.1) is 11.4 Å². The second-order valence-corrected chi connectivity index (χ2v) is 3.27. The number of aromatic amines is 1. The smallest absolute Gasteiger partial charge is 0.240 e. The Bertz CT molecular complexity index is 515. The molecule has 0 amide bonds. The maximum absolute atomic E-state index is 10.2. The van der Waals surface area contributed by atoms with E-state index in [4.69, 9.17) is 11.6 Å². The van der Waals surface area contributed by atoms with Gasteiger partial charge in [0.2, 0.25) is 6.08 Å². The topological polar surface area (TPSA) is 58.1 Å². The molecule has 0 saturated heterocycles. The molecule has 5 heteroatoms. The molecule has 0 radical (unpaired) electrons. The van der Waals surface area contributed by atoms with Gasteiger partial charge in [-0.05, 0) is 24.3 Å². The Labute approximate surface area is 90.6 Å². The molecule has 0 aliphatic rings. The van der Waals surface area contributed by atoms with Crippen molar-refractivity contribution in [2.45, 2.75) is 0 Å². The van der Waals surface area contributed by atoms with Crippen molar-refractivity contribution in [3.05, 3.63) is 35.5 Å². The van der Waals surface area contributed by atoms with Gasteiger partial charge in [-0.1, -0.05) is 11.6 Å². The Balaban J connectivity index is 2.60. The Morgan fingerprint density at radius 2 is 2.27 bits per heavy atom. The number of carbonyl (C=O) groups excluding carboxylic acids is 1. The third kappa shape index (κ3) is 1.96. The quantitative estimate of drug-likeness (QED) is 0.624. The molecular weight excluding hydrogens is 214 g/mol. The Morgan fingerprint density at radius 3 is 2.93 bits per heavy atom. The standard InChI is InChI=1S/C10H6ClN3O/c11-7-1-2-8(9-3-4-13-14-9)10(5-7)12-6-15/h1-5H,(H,13,14). The number of benzene rings is 1. The lowest BCUT2D eigenvalue weighted by molar-refractivity contribution is 0.565. The maximum atomic E-state index is 10.2. The molecule has 74 valence electrons. The van der Waals surface area contributed by atoms with E-state index in [0.29, 0.717) is 10.7 Å². The zero-order chi connectivity index (χ0) is 10.7. The van der Waals surface area contributed by atoms with E-state index >= 15 is 0 Å². The maximum Gasteiger partial charge on any atom is 0.240 e. The number of nitrogens with one attached hydrogen (secondary N) is 1. The van der Waals surface area contributed by atoms with E-state index in [1.165, 1.54) is 6.08 Å². The Morgan fingerprint density at radius 1 is 1.40 bits per heavy atom. The fraction of sp³-hybridized carbons (Fsp3) is 0. The molecule has 0 aliphatic heterocycles. The van der Waals surface area contributed by atoms with Crippen molar-refractivity contribution in [3.63, 3.8) is 0 Å². The van der Waals surface area contributed by atoms with Crippen LogP contribution in [0.3, 0.4) is 0 Å². The van der Waals surface area contributed by atoms with Crippen LogP contribution in [-0.4, -0.2) is 16.3 Å². The molecule has 1 aromatic carbocycles. The zero-order valence-electron chi connectivity index (χ0n) is 7.57. The third-order valence-electron chi connectivity index (χ3n) is 1.92. The molecule has 0 saturated carbocycles. The molecule has 1 N–H and O–H groups in total. The van der Waals surface area contributed by atoms with Gasteiger partial charge in [0.25, 0.3) is 0 Å². The summed E-state index contributed by atoms with van der Waals surface area (Å²) < 4.78 is 0. The molecule has 2 rings (SSSR count). The highest BCUT2D eigenvalue weighted by atomic mass is 35.5. The lowest BCUT2D eigenvalue weighted by atomic mass is 10.1. The molecule has 0 aliphatic carbocycles. The van der Waals surface area contributed by atoms with E-state index < -0.39 is 0 Å². The molecule has 4 nitrogen and oxygen atoms in total. The van der Waals surface area contributed by atoms with Crippen LogP contribution in [0.5, 0.6) is 0 Å². The third-order valence-corrected chi connectivity index (χ3v) is 2.15. The minimum Gasteiger partial charge on any atom is -0.278 e. The van der Waals surface area contributed by atoms with Gasteiger partial charge in [0.1, 0.15) is 0 Å². The number of rotatable bonds is 2. The second-order valence-electron chi connectivity index (χ2n) is 2.83. The summed E-state index contributed by atoms with van der Waals surface area (Å²) in [6.45, 7) is 0. The van der Waals surface area contributed by atoms with Crippen molar-refractivity contribution >= 4 is 23.4 Å². The number of aromatic nitrogens is 2. The first kappa shape index (κ1) is 9.65. The van der Waals surface area contributed by atoms with Crippen molar-refractivity contribution in [1.82, 2.24) is 10.2 Å². The summed E-state index contributed by atoms with van der Waals surface area (Å²) in [6, 6.07) is 6.88. The number of nitrogens with zero attached hydrogens (tertiary/aromatic N) is 2. The van der Waals surface area contributed by atoms with E-state index in [9.17, 15) is 4.79 Å². The van der Waals surface area contributed by atoms with Gasteiger partial charge >= 0.3 is 0 Å². The summed E-state index contributed by atoms with van der Waals surface area (Å²) in [6.07, 6.45) is 3.12. The monoisotopic (exact) mass is 219 g/mol. The summed E-state index contributed by atoms with van der Waals surface area (Å²) in [5, 5.41) is 7.13. The molecule has 1 aromatic heterocycles. The van der Waals surface area contributed by atoms with Crippen LogP contribution in [0.1, 0.15) is 0 Å². The van der Waals surface area contributed by atoms with Gasteiger partial charge in [0.15, 0.2) is 0 Å². The summed E-state index contributed by atoms with van der Waals surface area (Å²) >= 11 is 5.80. The van der Waals surface area contributed by atoms with Gasteiger partial charge in [-0.15, -0.1) is 0 Å². The average Bonchev–Trinajstić information content (AvgIpc) is 2.71. The van der Waals surface area contributed by atoms with Crippen LogP contribution in [0.25, 0.3) is 11.3 Å². The molecule has 1 heterocycles. The van der Waals surface area contributed by atoms with Crippen LogP contribution >= 0.6 is 11.6 Å². The van der Waals surface area contributed by atoms with E-state index in [0.717, 1.165) is 11.3 Å². The molecule has 0 bridgehead atoms. The van der Waals surface area contributed by atoms with Crippen LogP contribution < -0.4 is 0 Å². The van der Waals surface area contributed by atoms with Crippen LogP contribution in [0.2, 0.25) is 5.02 Å². The summed E-state index contributed by atoms with van der Waals surface area (Å²) in [4.78, 5) is 13.8. The summed E-state index contributed by atoms with van der Waals surface area (Å²) in [5.74, 6) is 0. The Kier molecular flexibility index (Phi) is 2.63. The van der Waals surface area contributed by atoms with Crippen molar-refractivity contribution < 1.29 is 4.79 Å². The molecule has 0 spiro atoms. The van der Waals surface area contributed by atoms with Gasteiger partial charge in [-0.25, -0.2) is 4.79 Å². The van der Waals surface area contributed by atoms with E-state index in [-0.39, 0.29) is 0 Å². The number of hydrogen-bond acceptors (Lipinski definition) is 3. The van der Waals surface area contributed by atoms with Crippen LogP contribution in [0.15, 0.2) is 35.5 Å². The Hall–Kier alpha value is -1.90. The molecule has 0 fully saturated rings.